The van der Waals surface area contributed by atoms with Crippen LogP contribution < -0.4 is 10.6 Å². The number of carbonyl (C=O) groups is 1. The molecule has 1 atom stereocenters. The van der Waals surface area contributed by atoms with E-state index in [0.29, 0.717) is 25.0 Å². The number of amides is 2. The van der Waals surface area contributed by atoms with Crippen LogP contribution in [-0.2, 0) is 17.7 Å². The van der Waals surface area contributed by atoms with Crippen LogP contribution in [0, 0.1) is 5.92 Å². The van der Waals surface area contributed by atoms with Crippen LogP contribution in [0.5, 0.6) is 0 Å². The van der Waals surface area contributed by atoms with E-state index in [-0.39, 0.29) is 6.03 Å². The summed E-state index contributed by atoms with van der Waals surface area (Å²) in [6.07, 6.45) is 4.52. The average Bonchev–Trinajstić information content (AvgIpc) is 3.57. The zero-order valence-electron chi connectivity index (χ0n) is 19.5. The molecule has 2 fully saturated rings. The first kappa shape index (κ1) is 24.7. The molecule has 0 radical (unpaired) electrons. The van der Waals surface area contributed by atoms with Crippen LogP contribution in [0.3, 0.4) is 0 Å². The maximum atomic E-state index is 12.5. The summed E-state index contributed by atoms with van der Waals surface area (Å²) in [7, 11) is 1.00. The molecule has 1 saturated carbocycles. The van der Waals surface area contributed by atoms with E-state index in [1.165, 1.54) is 17.5 Å². The maximum absolute atomic E-state index is 12.5. The Morgan fingerprint density at radius 2 is 1.85 bits per heavy atom. The summed E-state index contributed by atoms with van der Waals surface area (Å²) in [6, 6.07) is 16.8. The third-order valence-electron chi connectivity index (χ3n) is 6.16. The van der Waals surface area contributed by atoms with E-state index in [1.54, 1.807) is 0 Å². The number of aliphatic hydroxyl groups is 1. The Morgan fingerprint density at radius 1 is 1.12 bits per heavy atom. The van der Waals surface area contributed by atoms with E-state index < -0.39 is 0 Å². The Labute approximate surface area is 196 Å². The highest BCUT2D eigenvalue weighted by Gasteiger charge is 2.38. The molecule has 0 spiro atoms. The van der Waals surface area contributed by atoms with Gasteiger partial charge in [0.2, 0.25) is 0 Å². The first-order chi connectivity index (χ1) is 16.2. The number of hydrogen-bond donors (Lipinski definition) is 2. The Balaban J connectivity index is 0.000000181. The molecule has 33 heavy (non-hydrogen) atoms. The van der Waals surface area contributed by atoms with Gasteiger partial charge >= 0.3 is 6.03 Å². The Morgan fingerprint density at radius 3 is 2.52 bits per heavy atom. The normalized spacial score (nSPS) is 19.1. The van der Waals surface area contributed by atoms with Crippen molar-refractivity contribution in [3.63, 3.8) is 0 Å². The van der Waals surface area contributed by atoms with Crippen LogP contribution in [0.25, 0.3) is 0 Å². The van der Waals surface area contributed by atoms with Crippen LogP contribution in [0.15, 0.2) is 53.5 Å². The summed E-state index contributed by atoms with van der Waals surface area (Å²) in [5.41, 5.74) is 10.3. The number of anilines is 2. The molecule has 3 N–H and O–H groups in total. The van der Waals surface area contributed by atoms with Crippen molar-refractivity contribution in [3.8, 4) is 0 Å². The second-order valence-corrected chi connectivity index (χ2v) is 8.50. The summed E-state index contributed by atoms with van der Waals surface area (Å²) in [5, 5.41) is 7.00. The number of nitrogens with zero attached hydrogens (tertiary/aromatic N) is 3. The van der Waals surface area contributed by atoms with Crippen LogP contribution in [0.4, 0.5) is 16.2 Å². The van der Waals surface area contributed by atoms with Gasteiger partial charge in [-0.25, -0.2) is 4.79 Å². The van der Waals surface area contributed by atoms with Gasteiger partial charge in [-0.15, -0.1) is 0 Å². The number of aliphatic hydroxyl groups excluding tert-OH is 1. The van der Waals surface area contributed by atoms with Crippen molar-refractivity contribution in [3.05, 3.63) is 59.7 Å². The summed E-state index contributed by atoms with van der Waals surface area (Å²) < 4.78 is 5.33. The number of fused-ring (bicyclic) bond motifs is 1. The fourth-order valence-corrected chi connectivity index (χ4v) is 4.25. The van der Waals surface area contributed by atoms with Crippen LogP contribution in [0.2, 0.25) is 0 Å². The number of nitrogen functional groups attached to an aromatic ring is 1. The second kappa shape index (κ2) is 12.4. The van der Waals surface area contributed by atoms with Crippen molar-refractivity contribution in [2.75, 3.05) is 44.0 Å². The first-order valence-electron chi connectivity index (χ1n) is 11.6. The standard InChI is InChI=1S/C14H17N3O.C11H15NO.CH4O/c1-15-8-9-16-13-5-3-2-4-11(13)10-17(14(16)18)12-6-7-12;12-11-4-2-1-3-10(11)7-9-5-6-13-8-9;1-2/h2-5,12H,1,6-10H2;1-4,9H,5-8,12H2;2H,1H3. The van der Waals surface area contributed by atoms with E-state index in [4.69, 9.17) is 15.6 Å². The van der Waals surface area contributed by atoms with Gasteiger partial charge in [-0.05, 0) is 61.6 Å². The van der Waals surface area contributed by atoms with Crippen molar-refractivity contribution in [1.29, 1.82) is 0 Å². The lowest BCUT2D eigenvalue weighted by molar-refractivity contribution is 0.186. The Bertz CT molecular complexity index is 910. The monoisotopic (exact) mass is 452 g/mol. The van der Waals surface area contributed by atoms with Crippen molar-refractivity contribution >= 4 is 24.1 Å². The molecule has 5 rings (SSSR count). The lowest BCUT2D eigenvalue weighted by Gasteiger charge is -2.37. The Kier molecular flexibility index (Phi) is 9.27. The van der Waals surface area contributed by atoms with Gasteiger partial charge < -0.3 is 20.5 Å². The number of nitrogens with two attached hydrogens (primary N) is 1. The quantitative estimate of drug-likeness (QED) is 0.516. The SMILES string of the molecule is C=NCCN1C(=O)N(C2CC2)Cc2ccccc21.CO.Nc1ccccc1CC1CCOC1. The van der Waals surface area contributed by atoms with Crippen LogP contribution in [-0.4, -0.2) is 62.2 Å². The molecule has 0 aromatic heterocycles. The van der Waals surface area contributed by atoms with Gasteiger partial charge in [0.1, 0.15) is 0 Å². The molecule has 1 unspecified atom stereocenters. The fraction of sp³-hybridized carbons (Fsp3) is 0.462. The molecule has 7 heteroatoms. The molecule has 178 valence electrons. The molecule has 2 aromatic rings. The fourth-order valence-electron chi connectivity index (χ4n) is 4.25. The highest BCUT2D eigenvalue weighted by molar-refractivity contribution is 5.95. The van der Waals surface area contributed by atoms with Crippen molar-refractivity contribution < 1.29 is 14.6 Å². The molecule has 2 aromatic carbocycles. The minimum absolute atomic E-state index is 0.125. The molecule has 1 saturated heterocycles. The minimum Gasteiger partial charge on any atom is -0.400 e. The lowest BCUT2D eigenvalue weighted by atomic mass is 9.98. The molecule has 2 aliphatic heterocycles. The number of ether oxygens (including phenoxy) is 1. The summed E-state index contributed by atoms with van der Waals surface area (Å²) >= 11 is 0. The number of aliphatic imine (C=N–C) groups is 1. The van der Waals surface area contributed by atoms with E-state index in [1.807, 2.05) is 46.2 Å². The van der Waals surface area contributed by atoms with E-state index in [0.717, 1.165) is 57.5 Å². The number of urea groups is 1. The van der Waals surface area contributed by atoms with Crippen LogP contribution >= 0.6 is 0 Å². The summed E-state index contributed by atoms with van der Waals surface area (Å²) in [5.74, 6) is 0.671. The molecule has 3 aliphatic rings. The highest BCUT2D eigenvalue weighted by Crippen LogP contribution is 2.35. The third-order valence-corrected chi connectivity index (χ3v) is 6.16. The molecule has 2 amide bonds. The van der Waals surface area contributed by atoms with Gasteiger partial charge in [0.05, 0.1) is 12.2 Å². The average molecular weight is 453 g/mol. The van der Waals surface area contributed by atoms with Crippen LogP contribution in [0.1, 0.15) is 30.4 Å². The van der Waals surface area contributed by atoms with E-state index >= 15 is 0 Å². The zero-order valence-corrected chi connectivity index (χ0v) is 19.5. The molecule has 0 bridgehead atoms. The predicted molar refractivity (Wildman–Crippen MR) is 134 cm³/mol. The maximum Gasteiger partial charge on any atom is 0.325 e. The van der Waals surface area contributed by atoms with Gasteiger partial charge in [0.15, 0.2) is 0 Å². The summed E-state index contributed by atoms with van der Waals surface area (Å²) in [4.78, 5) is 20.2. The van der Waals surface area contributed by atoms with Gasteiger partial charge in [-0.2, -0.15) is 0 Å². The summed E-state index contributed by atoms with van der Waals surface area (Å²) in [6.45, 7) is 7.25. The minimum atomic E-state index is 0.125. The van der Waals surface area contributed by atoms with Gasteiger partial charge in [0.25, 0.3) is 0 Å². The number of para-hydroxylation sites is 2. The number of carbonyl (C=O) groups excluding carboxylic acids is 1. The highest BCUT2D eigenvalue weighted by atomic mass is 16.5. The van der Waals surface area contributed by atoms with Crippen molar-refractivity contribution in [2.45, 2.75) is 38.3 Å². The molecule has 1 aliphatic carbocycles. The second-order valence-electron chi connectivity index (χ2n) is 8.50. The number of hydrogen-bond acceptors (Lipinski definition) is 5. The largest absolute Gasteiger partial charge is 0.400 e. The Hall–Kier alpha value is -2.90. The van der Waals surface area contributed by atoms with Gasteiger partial charge in [0, 0.05) is 45.1 Å². The lowest BCUT2D eigenvalue weighted by Crippen LogP contribution is -2.48. The molecular weight excluding hydrogens is 416 g/mol. The van der Waals surface area contributed by atoms with Crippen molar-refractivity contribution in [1.82, 2.24) is 4.90 Å². The molecular formula is C26H36N4O3. The first-order valence-corrected chi connectivity index (χ1v) is 11.6. The van der Waals surface area contributed by atoms with E-state index in [2.05, 4.69) is 23.8 Å². The van der Waals surface area contributed by atoms with E-state index in [9.17, 15) is 4.79 Å². The smallest absolute Gasteiger partial charge is 0.325 e. The predicted octanol–water partition coefficient (Wildman–Crippen LogP) is 3.75. The zero-order chi connectivity index (χ0) is 23.6. The number of benzene rings is 2. The number of rotatable bonds is 6. The van der Waals surface area contributed by atoms with Crippen molar-refractivity contribution in [2.24, 2.45) is 10.9 Å². The third kappa shape index (κ3) is 6.55. The molecule has 2 heterocycles. The molecule has 7 nitrogen and oxygen atoms in total. The topological polar surface area (TPSA) is 91.4 Å². The van der Waals surface area contributed by atoms with Gasteiger partial charge in [-0.3, -0.25) is 9.89 Å². The van der Waals surface area contributed by atoms with Gasteiger partial charge in [-0.1, -0.05) is 36.4 Å².